The molecule has 0 spiro atoms. The van der Waals surface area contributed by atoms with E-state index in [2.05, 4.69) is 19.2 Å². The molecule has 0 bridgehead atoms. The molecular formula is C14H26F2N2O. The van der Waals surface area contributed by atoms with Crippen molar-refractivity contribution in [1.82, 2.24) is 10.2 Å². The normalized spacial score (nSPS) is 24.6. The van der Waals surface area contributed by atoms with E-state index in [1.807, 2.05) is 18.7 Å². The van der Waals surface area contributed by atoms with Gasteiger partial charge in [0.1, 0.15) is 0 Å². The standard InChI is InChI=1S/C14H26F2N2O/c1-9(2)11-5-12(17-6-13(15)16)8-18(7-11)14(19)10(3)4/h9-13,17H,5-8H2,1-4H3. The lowest BCUT2D eigenvalue weighted by atomic mass is 9.85. The first kappa shape index (κ1) is 16.3. The van der Waals surface area contributed by atoms with E-state index in [4.69, 9.17) is 0 Å². The molecule has 0 saturated carbocycles. The average Bonchev–Trinajstić information content (AvgIpc) is 2.34. The van der Waals surface area contributed by atoms with Gasteiger partial charge in [-0.2, -0.15) is 0 Å². The zero-order chi connectivity index (χ0) is 14.6. The molecule has 3 nitrogen and oxygen atoms in total. The molecule has 1 amide bonds. The van der Waals surface area contributed by atoms with Crippen molar-refractivity contribution in [2.45, 2.75) is 46.6 Å². The minimum atomic E-state index is -2.34. The number of nitrogens with one attached hydrogen (secondary N) is 1. The van der Waals surface area contributed by atoms with Gasteiger partial charge in [0.05, 0.1) is 6.54 Å². The van der Waals surface area contributed by atoms with E-state index in [1.54, 1.807) is 0 Å². The van der Waals surface area contributed by atoms with Gasteiger partial charge in [-0.1, -0.05) is 27.7 Å². The molecule has 1 fully saturated rings. The molecule has 2 unspecified atom stereocenters. The molecule has 0 aromatic carbocycles. The molecular weight excluding hydrogens is 250 g/mol. The summed E-state index contributed by atoms with van der Waals surface area (Å²) in [5, 5.41) is 2.89. The van der Waals surface area contributed by atoms with Crippen molar-refractivity contribution in [1.29, 1.82) is 0 Å². The molecule has 0 radical (unpaired) electrons. The Morgan fingerprint density at radius 1 is 1.26 bits per heavy atom. The molecule has 1 heterocycles. The lowest BCUT2D eigenvalue weighted by Gasteiger charge is -2.40. The Labute approximate surface area is 114 Å². The Kier molecular flexibility index (Phi) is 6.17. The highest BCUT2D eigenvalue weighted by Gasteiger charge is 2.32. The first-order chi connectivity index (χ1) is 8.81. The summed E-state index contributed by atoms with van der Waals surface area (Å²) in [7, 11) is 0. The molecule has 0 aromatic heterocycles. The van der Waals surface area contributed by atoms with Gasteiger partial charge in [-0.25, -0.2) is 8.78 Å². The fourth-order valence-electron chi connectivity index (χ4n) is 2.57. The number of hydrogen-bond acceptors (Lipinski definition) is 2. The zero-order valence-electron chi connectivity index (χ0n) is 12.3. The number of amides is 1. The Hall–Kier alpha value is -0.710. The number of piperidine rings is 1. The highest BCUT2D eigenvalue weighted by Crippen LogP contribution is 2.25. The van der Waals surface area contributed by atoms with Crippen molar-refractivity contribution in [3.8, 4) is 0 Å². The summed E-state index contributed by atoms with van der Waals surface area (Å²) in [6.45, 7) is 9.01. The first-order valence-corrected chi connectivity index (χ1v) is 7.11. The topological polar surface area (TPSA) is 32.3 Å². The van der Waals surface area contributed by atoms with Crippen LogP contribution in [0.25, 0.3) is 0 Å². The molecule has 0 aliphatic carbocycles. The number of carbonyl (C=O) groups excluding carboxylic acids is 1. The summed E-state index contributed by atoms with van der Waals surface area (Å²) in [5.41, 5.74) is 0. The van der Waals surface area contributed by atoms with E-state index in [1.165, 1.54) is 0 Å². The Bertz CT molecular complexity index is 295. The van der Waals surface area contributed by atoms with Crippen LogP contribution in [-0.4, -0.2) is 42.9 Å². The zero-order valence-corrected chi connectivity index (χ0v) is 12.3. The number of alkyl halides is 2. The summed E-state index contributed by atoms with van der Waals surface area (Å²) in [5.74, 6) is 0.918. The van der Waals surface area contributed by atoms with Crippen LogP contribution in [0.1, 0.15) is 34.1 Å². The van der Waals surface area contributed by atoms with Crippen molar-refractivity contribution in [3.63, 3.8) is 0 Å². The second kappa shape index (κ2) is 7.17. The van der Waals surface area contributed by atoms with E-state index in [-0.39, 0.29) is 24.4 Å². The van der Waals surface area contributed by atoms with Crippen LogP contribution in [0.4, 0.5) is 8.78 Å². The van der Waals surface area contributed by atoms with Crippen molar-refractivity contribution < 1.29 is 13.6 Å². The highest BCUT2D eigenvalue weighted by molar-refractivity contribution is 5.78. The van der Waals surface area contributed by atoms with Gasteiger partial charge in [0.15, 0.2) is 0 Å². The maximum absolute atomic E-state index is 12.3. The number of nitrogens with zero attached hydrogens (tertiary/aromatic N) is 1. The number of hydrogen-bond donors (Lipinski definition) is 1. The molecule has 2 atom stereocenters. The fourth-order valence-corrected chi connectivity index (χ4v) is 2.57. The van der Waals surface area contributed by atoms with Gasteiger partial charge in [0, 0.05) is 25.0 Å². The fraction of sp³-hybridized carbons (Fsp3) is 0.929. The summed E-state index contributed by atoms with van der Waals surface area (Å²) >= 11 is 0. The first-order valence-electron chi connectivity index (χ1n) is 7.11. The lowest BCUT2D eigenvalue weighted by molar-refractivity contribution is -0.137. The van der Waals surface area contributed by atoms with Crippen molar-refractivity contribution >= 4 is 5.91 Å². The van der Waals surface area contributed by atoms with Crippen molar-refractivity contribution in [2.24, 2.45) is 17.8 Å². The second-order valence-corrected chi connectivity index (χ2v) is 6.13. The predicted molar refractivity (Wildman–Crippen MR) is 72.2 cm³/mol. The Morgan fingerprint density at radius 3 is 2.37 bits per heavy atom. The monoisotopic (exact) mass is 276 g/mol. The Morgan fingerprint density at radius 2 is 1.89 bits per heavy atom. The molecule has 1 rings (SSSR count). The quantitative estimate of drug-likeness (QED) is 0.836. The summed E-state index contributed by atoms with van der Waals surface area (Å²) in [6.07, 6.45) is -1.47. The molecule has 0 aromatic rings. The number of halogens is 2. The van der Waals surface area contributed by atoms with Gasteiger partial charge in [-0.15, -0.1) is 0 Å². The van der Waals surface area contributed by atoms with E-state index in [0.29, 0.717) is 18.4 Å². The van der Waals surface area contributed by atoms with Gasteiger partial charge in [-0.3, -0.25) is 4.79 Å². The third kappa shape index (κ3) is 5.05. The van der Waals surface area contributed by atoms with Gasteiger partial charge in [-0.05, 0) is 18.3 Å². The summed E-state index contributed by atoms with van der Waals surface area (Å²) < 4.78 is 24.6. The number of rotatable bonds is 5. The minimum Gasteiger partial charge on any atom is -0.341 e. The average molecular weight is 276 g/mol. The van der Waals surface area contributed by atoms with Crippen LogP contribution in [0.2, 0.25) is 0 Å². The molecule has 1 saturated heterocycles. The summed E-state index contributed by atoms with van der Waals surface area (Å²) in [4.78, 5) is 13.9. The molecule has 1 aliphatic heterocycles. The molecule has 19 heavy (non-hydrogen) atoms. The maximum atomic E-state index is 12.3. The SMILES string of the molecule is CC(C)C(=O)N1CC(NCC(F)F)CC(C(C)C)C1. The van der Waals surface area contributed by atoms with Crippen LogP contribution in [0, 0.1) is 17.8 Å². The van der Waals surface area contributed by atoms with Crippen LogP contribution in [0.3, 0.4) is 0 Å². The van der Waals surface area contributed by atoms with Crippen molar-refractivity contribution in [2.75, 3.05) is 19.6 Å². The van der Waals surface area contributed by atoms with E-state index < -0.39 is 6.43 Å². The van der Waals surface area contributed by atoms with Gasteiger partial charge in [0.2, 0.25) is 5.91 Å². The predicted octanol–water partition coefficient (Wildman–Crippen LogP) is 2.37. The smallest absolute Gasteiger partial charge is 0.250 e. The third-order valence-corrected chi connectivity index (χ3v) is 3.79. The second-order valence-electron chi connectivity index (χ2n) is 6.13. The largest absolute Gasteiger partial charge is 0.341 e. The van der Waals surface area contributed by atoms with Crippen molar-refractivity contribution in [3.05, 3.63) is 0 Å². The van der Waals surface area contributed by atoms with Crippen LogP contribution in [0.5, 0.6) is 0 Å². The Balaban J connectivity index is 2.65. The molecule has 1 aliphatic rings. The summed E-state index contributed by atoms with van der Waals surface area (Å²) in [6, 6.07) is -0.0159. The molecule has 5 heteroatoms. The van der Waals surface area contributed by atoms with Crippen LogP contribution < -0.4 is 5.32 Å². The number of likely N-dealkylation sites (tertiary alicyclic amines) is 1. The van der Waals surface area contributed by atoms with Gasteiger partial charge in [0.25, 0.3) is 6.43 Å². The lowest BCUT2D eigenvalue weighted by Crippen LogP contribution is -2.53. The van der Waals surface area contributed by atoms with Gasteiger partial charge >= 0.3 is 0 Å². The third-order valence-electron chi connectivity index (χ3n) is 3.79. The molecule has 1 N–H and O–H groups in total. The number of carbonyl (C=O) groups is 1. The van der Waals surface area contributed by atoms with Crippen LogP contribution in [0.15, 0.2) is 0 Å². The molecule has 112 valence electrons. The van der Waals surface area contributed by atoms with Crippen LogP contribution in [-0.2, 0) is 4.79 Å². The van der Waals surface area contributed by atoms with Gasteiger partial charge < -0.3 is 10.2 Å². The van der Waals surface area contributed by atoms with Crippen LogP contribution >= 0.6 is 0 Å². The maximum Gasteiger partial charge on any atom is 0.250 e. The van der Waals surface area contributed by atoms with E-state index in [9.17, 15) is 13.6 Å². The van der Waals surface area contributed by atoms with E-state index >= 15 is 0 Å². The van der Waals surface area contributed by atoms with E-state index in [0.717, 1.165) is 13.0 Å². The highest BCUT2D eigenvalue weighted by atomic mass is 19.3. The minimum absolute atomic E-state index is 0.0159.